The second-order valence-electron chi connectivity index (χ2n) is 10.4. The first-order valence-corrected chi connectivity index (χ1v) is 10.4. The van der Waals surface area contributed by atoms with E-state index in [1.165, 1.54) is 7.11 Å². The number of esters is 3. The molecule has 8 nitrogen and oxygen atoms in total. The van der Waals surface area contributed by atoms with Gasteiger partial charge in [-0.15, -0.1) is 0 Å². The molecule has 5 aliphatic rings. The normalized spacial score (nSPS) is 50.6. The van der Waals surface area contributed by atoms with E-state index < -0.39 is 64.7 Å². The Balaban J connectivity index is 1.75. The number of aliphatic hydroxyl groups excluding tert-OH is 1. The maximum absolute atomic E-state index is 13.3. The van der Waals surface area contributed by atoms with E-state index in [1.54, 1.807) is 6.92 Å². The van der Waals surface area contributed by atoms with Crippen molar-refractivity contribution in [2.75, 3.05) is 7.11 Å². The van der Waals surface area contributed by atoms with Crippen LogP contribution in [0.15, 0.2) is 0 Å². The summed E-state index contributed by atoms with van der Waals surface area (Å²) in [5, 5.41) is 11.2. The average molecular weight is 408 g/mol. The molecule has 3 aliphatic heterocycles. The quantitative estimate of drug-likeness (QED) is 0.536. The van der Waals surface area contributed by atoms with Crippen LogP contribution in [-0.2, 0) is 33.3 Å². The summed E-state index contributed by atoms with van der Waals surface area (Å²) < 4.78 is 22.7. The SMILES string of the molecule is COC(=O)C(C)[C@H]1CC[C@@]23C4C[C@@H](C(C)(C)C)C25C(OC(=O)[C@@H]5O)O[C@]13C(=O)O4. The van der Waals surface area contributed by atoms with Gasteiger partial charge in [0, 0.05) is 5.92 Å². The van der Waals surface area contributed by atoms with Crippen LogP contribution in [0.3, 0.4) is 0 Å². The van der Waals surface area contributed by atoms with Gasteiger partial charge in [0.05, 0.1) is 23.9 Å². The van der Waals surface area contributed by atoms with E-state index in [2.05, 4.69) is 20.8 Å². The highest BCUT2D eigenvalue weighted by molar-refractivity contribution is 5.90. The summed E-state index contributed by atoms with van der Waals surface area (Å²) in [6.07, 6.45) is -1.31. The van der Waals surface area contributed by atoms with Crippen molar-refractivity contribution in [2.24, 2.45) is 34.0 Å². The molecule has 1 N–H and O–H groups in total. The molecule has 2 spiro atoms. The molecule has 4 unspecified atom stereocenters. The van der Waals surface area contributed by atoms with E-state index in [-0.39, 0.29) is 11.3 Å². The van der Waals surface area contributed by atoms with Gasteiger partial charge in [-0.25, -0.2) is 9.59 Å². The molecule has 5 fully saturated rings. The molecule has 3 heterocycles. The maximum atomic E-state index is 13.3. The monoisotopic (exact) mass is 408 g/mol. The first-order chi connectivity index (χ1) is 13.5. The molecule has 0 amide bonds. The number of hydrogen-bond donors (Lipinski definition) is 1. The third kappa shape index (κ3) is 1.72. The van der Waals surface area contributed by atoms with Crippen molar-refractivity contribution in [1.29, 1.82) is 0 Å². The molecule has 29 heavy (non-hydrogen) atoms. The predicted molar refractivity (Wildman–Crippen MR) is 95.9 cm³/mol. The van der Waals surface area contributed by atoms with Crippen molar-refractivity contribution < 1.29 is 38.4 Å². The second kappa shape index (κ2) is 5.32. The van der Waals surface area contributed by atoms with Gasteiger partial charge >= 0.3 is 17.9 Å². The summed E-state index contributed by atoms with van der Waals surface area (Å²) in [4.78, 5) is 38.2. The predicted octanol–water partition coefficient (Wildman–Crippen LogP) is 1.18. The van der Waals surface area contributed by atoms with Crippen molar-refractivity contribution in [1.82, 2.24) is 0 Å². The molecule has 2 saturated carbocycles. The van der Waals surface area contributed by atoms with Gasteiger partial charge < -0.3 is 24.1 Å². The fourth-order valence-electron chi connectivity index (χ4n) is 7.89. The van der Waals surface area contributed by atoms with Gasteiger partial charge in [0.25, 0.3) is 0 Å². The van der Waals surface area contributed by atoms with E-state index >= 15 is 0 Å². The summed E-state index contributed by atoms with van der Waals surface area (Å²) in [5.41, 5.74) is -3.69. The first-order valence-electron chi connectivity index (χ1n) is 10.4. The Kier molecular flexibility index (Phi) is 3.54. The van der Waals surface area contributed by atoms with Crippen molar-refractivity contribution in [3.63, 3.8) is 0 Å². The minimum Gasteiger partial charge on any atom is -0.469 e. The van der Waals surface area contributed by atoms with Crippen LogP contribution in [0.25, 0.3) is 0 Å². The van der Waals surface area contributed by atoms with Crippen LogP contribution in [0.2, 0.25) is 0 Å². The van der Waals surface area contributed by atoms with Crippen molar-refractivity contribution in [2.45, 2.75) is 71.1 Å². The summed E-state index contributed by atoms with van der Waals surface area (Å²) in [7, 11) is 1.32. The molecule has 160 valence electrons. The number of aliphatic hydroxyl groups is 1. The maximum Gasteiger partial charge on any atom is 0.339 e. The number of ether oxygens (including phenoxy) is 4. The Morgan fingerprint density at radius 1 is 1.28 bits per heavy atom. The number of carbonyl (C=O) groups excluding carboxylic acids is 3. The lowest BCUT2D eigenvalue weighted by Crippen LogP contribution is -2.59. The van der Waals surface area contributed by atoms with Crippen LogP contribution in [0.4, 0.5) is 0 Å². The smallest absolute Gasteiger partial charge is 0.339 e. The zero-order valence-electron chi connectivity index (χ0n) is 17.4. The van der Waals surface area contributed by atoms with Gasteiger partial charge in [-0.05, 0) is 30.6 Å². The molecule has 0 aromatic carbocycles. The minimum atomic E-state index is -1.42. The molecule has 0 bridgehead atoms. The Morgan fingerprint density at radius 3 is 2.59 bits per heavy atom. The molecule has 8 heteroatoms. The van der Waals surface area contributed by atoms with Gasteiger partial charge in [-0.2, -0.15) is 0 Å². The fourth-order valence-corrected chi connectivity index (χ4v) is 7.89. The number of carbonyl (C=O) groups is 3. The Bertz CT molecular complexity index is 816. The van der Waals surface area contributed by atoms with Gasteiger partial charge in [0.1, 0.15) is 6.10 Å². The van der Waals surface area contributed by atoms with Gasteiger partial charge in [-0.3, -0.25) is 4.79 Å². The van der Waals surface area contributed by atoms with Crippen molar-refractivity contribution in [3.8, 4) is 0 Å². The zero-order valence-corrected chi connectivity index (χ0v) is 17.4. The van der Waals surface area contributed by atoms with Gasteiger partial charge in [0.2, 0.25) is 6.29 Å². The third-order valence-electron chi connectivity index (χ3n) is 8.74. The second-order valence-corrected chi connectivity index (χ2v) is 10.4. The number of hydrogen-bond acceptors (Lipinski definition) is 8. The van der Waals surface area contributed by atoms with Crippen LogP contribution >= 0.6 is 0 Å². The summed E-state index contributed by atoms with van der Waals surface area (Å²) in [6.45, 7) is 7.90. The molecule has 0 aromatic heterocycles. The lowest BCUT2D eigenvalue weighted by molar-refractivity contribution is -0.207. The third-order valence-corrected chi connectivity index (χ3v) is 8.74. The molecular weight excluding hydrogens is 380 g/mol. The molecule has 0 radical (unpaired) electrons. The minimum absolute atomic E-state index is 0.159. The van der Waals surface area contributed by atoms with E-state index in [4.69, 9.17) is 18.9 Å². The highest BCUT2D eigenvalue weighted by Crippen LogP contribution is 2.83. The topological polar surface area (TPSA) is 108 Å². The molecule has 2 aliphatic carbocycles. The molecule has 5 rings (SSSR count). The van der Waals surface area contributed by atoms with Crippen LogP contribution in [-0.4, -0.2) is 54.2 Å². The number of methoxy groups -OCH3 is 1. The highest BCUT2D eigenvalue weighted by Gasteiger charge is 2.95. The van der Waals surface area contributed by atoms with Crippen LogP contribution in [0, 0.1) is 34.0 Å². The van der Waals surface area contributed by atoms with E-state index in [9.17, 15) is 19.5 Å². The Morgan fingerprint density at radius 2 is 1.97 bits per heavy atom. The van der Waals surface area contributed by atoms with Crippen molar-refractivity contribution >= 4 is 17.9 Å². The summed E-state index contributed by atoms with van der Waals surface area (Å²) in [6, 6.07) is 0. The largest absolute Gasteiger partial charge is 0.469 e. The molecule has 9 atom stereocenters. The van der Waals surface area contributed by atoms with Crippen LogP contribution in [0.1, 0.15) is 47.0 Å². The first kappa shape index (κ1) is 19.3. The lowest BCUT2D eigenvalue weighted by Gasteiger charge is -2.46. The van der Waals surface area contributed by atoms with E-state index in [1.807, 2.05) is 0 Å². The van der Waals surface area contributed by atoms with E-state index in [0.29, 0.717) is 19.3 Å². The molecule has 0 aromatic rings. The Hall–Kier alpha value is -1.67. The average Bonchev–Trinajstić information content (AvgIpc) is 3.33. The summed E-state index contributed by atoms with van der Waals surface area (Å²) >= 11 is 0. The van der Waals surface area contributed by atoms with E-state index in [0.717, 1.165) is 0 Å². The molecule has 3 saturated heterocycles. The van der Waals surface area contributed by atoms with Gasteiger partial charge in [0.15, 0.2) is 11.7 Å². The summed E-state index contributed by atoms with van der Waals surface area (Å²) in [5.74, 6) is -2.87. The van der Waals surface area contributed by atoms with Crippen LogP contribution < -0.4 is 0 Å². The highest BCUT2D eigenvalue weighted by atomic mass is 16.7. The number of rotatable bonds is 2. The zero-order chi connectivity index (χ0) is 21.1. The van der Waals surface area contributed by atoms with Crippen LogP contribution in [0.5, 0.6) is 0 Å². The van der Waals surface area contributed by atoms with Gasteiger partial charge in [-0.1, -0.05) is 27.7 Å². The Labute approximate surface area is 169 Å². The standard InChI is InChI=1S/C21H28O8/c1-9(14(23)26-5)10-6-7-19-12-8-11(18(2,3)4)20(19)13(22)15(24)28-17(20)29-21(10,19)16(25)27-12/h9-13,17,22H,6-8H2,1-5H3/t9?,10-,11+,12?,13+,17?,19-,20?,21+/m1/s1. The van der Waals surface area contributed by atoms with Crippen molar-refractivity contribution in [3.05, 3.63) is 0 Å². The molecular formula is C21H28O8. The lowest BCUT2D eigenvalue weighted by atomic mass is 9.52. The fraction of sp³-hybridized carbons (Fsp3) is 0.857.